The van der Waals surface area contributed by atoms with E-state index < -0.39 is 0 Å². The molecule has 1 fully saturated rings. The molecule has 0 amide bonds. The van der Waals surface area contributed by atoms with Crippen molar-refractivity contribution in [1.29, 1.82) is 0 Å². The number of H-pyrrole nitrogens is 1. The van der Waals surface area contributed by atoms with Gasteiger partial charge in [0.25, 0.3) is 5.56 Å². The van der Waals surface area contributed by atoms with E-state index in [1.165, 1.54) is 11.3 Å². The molecule has 0 radical (unpaired) electrons. The fourth-order valence-electron chi connectivity index (χ4n) is 3.17. The van der Waals surface area contributed by atoms with E-state index in [9.17, 15) is 4.79 Å². The minimum Gasteiger partial charge on any atom is -0.366 e. The van der Waals surface area contributed by atoms with Gasteiger partial charge in [0.2, 0.25) is 0 Å². The maximum Gasteiger partial charge on any atom is 0.285 e. The van der Waals surface area contributed by atoms with Gasteiger partial charge in [-0.05, 0) is 24.0 Å². The summed E-state index contributed by atoms with van der Waals surface area (Å²) in [6, 6.07) is 4.19. The fraction of sp³-hybridized carbons (Fsp3) is 0.500. The number of hydrogen-bond donors (Lipinski definition) is 1. The molecular weight excluding hydrogens is 338 g/mol. The van der Waals surface area contributed by atoms with Crippen LogP contribution in [0, 0.1) is 5.92 Å². The van der Waals surface area contributed by atoms with Gasteiger partial charge in [-0.1, -0.05) is 31.5 Å². The number of aromatic nitrogens is 3. The predicted molar refractivity (Wildman–Crippen MR) is 100 cm³/mol. The Labute approximate surface area is 152 Å². The SMILES string of the molecule is CC(C)Cc1ncccc1CN1CCN(c2cn[nH]c(=O)c2Cl)CC1. The van der Waals surface area contributed by atoms with Crippen molar-refractivity contribution in [3.8, 4) is 0 Å². The maximum atomic E-state index is 11.6. The number of anilines is 1. The third kappa shape index (κ3) is 4.38. The molecule has 0 aromatic carbocycles. The molecule has 3 rings (SSSR count). The molecule has 134 valence electrons. The zero-order valence-corrected chi connectivity index (χ0v) is 15.5. The molecule has 2 aromatic rings. The Balaban J connectivity index is 1.64. The van der Waals surface area contributed by atoms with E-state index in [0.717, 1.165) is 39.1 Å². The summed E-state index contributed by atoms with van der Waals surface area (Å²) in [7, 11) is 0. The lowest BCUT2D eigenvalue weighted by atomic mass is 10.0. The van der Waals surface area contributed by atoms with Gasteiger partial charge in [-0.2, -0.15) is 5.10 Å². The number of piperazine rings is 1. The maximum absolute atomic E-state index is 11.6. The number of nitrogens with zero attached hydrogens (tertiary/aromatic N) is 4. The number of hydrogen-bond acceptors (Lipinski definition) is 5. The van der Waals surface area contributed by atoms with E-state index in [2.05, 4.69) is 44.9 Å². The van der Waals surface area contributed by atoms with Crippen LogP contribution in [-0.4, -0.2) is 46.3 Å². The molecule has 0 spiro atoms. The first kappa shape index (κ1) is 17.9. The molecule has 1 N–H and O–H groups in total. The highest BCUT2D eigenvalue weighted by atomic mass is 35.5. The van der Waals surface area contributed by atoms with Crippen LogP contribution in [0.15, 0.2) is 29.3 Å². The molecule has 2 aromatic heterocycles. The Hall–Kier alpha value is -1.92. The first-order chi connectivity index (χ1) is 12.0. The molecule has 0 saturated carbocycles. The minimum absolute atomic E-state index is 0.218. The first-order valence-electron chi connectivity index (χ1n) is 8.68. The molecule has 0 atom stereocenters. The monoisotopic (exact) mass is 361 g/mol. The zero-order valence-electron chi connectivity index (χ0n) is 14.7. The van der Waals surface area contributed by atoms with Crippen LogP contribution < -0.4 is 10.5 Å². The van der Waals surface area contributed by atoms with E-state index in [0.29, 0.717) is 11.6 Å². The molecule has 6 nitrogen and oxygen atoms in total. The van der Waals surface area contributed by atoms with Crippen molar-refractivity contribution in [1.82, 2.24) is 20.1 Å². The molecular formula is C18H24ClN5O. The second-order valence-electron chi connectivity index (χ2n) is 6.87. The van der Waals surface area contributed by atoms with Gasteiger partial charge < -0.3 is 4.90 Å². The molecule has 0 bridgehead atoms. The number of halogens is 1. The summed E-state index contributed by atoms with van der Waals surface area (Å²) in [6.07, 6.45) is 4.51. The lowest BCUT2D eigenvalue weighted by molar-refractivity contribution is 0.248. The van der Waals surface area contributed by atoms with Gasteiger partial charge >= 0.3 is 0 Å². The predicted octanol–water partition coefficient (Wildman–Crippen LogP) is 2.34. The molecule has 1 saturated heterocycles. The van der Waals surface area contributed by atoms with E-state index >= 15 is 0 Å². The van der Waals surface area contributed by atoms with Crippen LogP contribution in [0.3, 0.4) is 0 Å². The second-order valence-corrected chi connectivity index (χ2v) is 7.25. The van der Waals surface area contributed by atoms with E-state index in [1.54, 1.807) is 6.20 Å². The van der Waals surface area contributed by atoms with E-state index in [1.807, 2.05) is 12.3 Å². The highest BCUT2D eigenvalue weighted by Crippen LogP contribution is 2.22. The molecule has 0 unspecified atom stereocenters. The fourth-order valence-corrected chi connectivity index (χ4v) is 3.38. The summed E-state index contributed by atoms with van der Waals surface area (Å²) in [5, 5.41) is 6.44. The molecule has 1 aliphatic heterocycles. The van der Waals surface area contributed by atoms with Crippen LogP contribution >= 0.6 is 11.6 Å². The molecule has 0 aliphatic carbocycles. The van der Waals surface area contributed by atoms with Gasteiger partial charge in [0.15, 0.2) is 0 Å². The Kier molecular flexibility index (Phi) is 5.71. The lowest BCUT2D eigenvalue weighted by Crippen LogP contribution is -2.46. The summed E-state index contributed by atoms with van der Waals surface area (Å²) in [4.78, 5) is 20.7. The lowest BCUT2D eigenvalue weighted by Gasteiger charge is -2.36. The summed E-state index contributed by atoms with van der Waals surface area (Å²) in [5.74, 6) is 0.594. The van der Waals surface area contributed by atoms with Gasteiger partial charge in [0.05, 0.1) is 11.9 Å². The van der Waals surface area contributed by atoms with Gasteiger partial charge in [0.1, 0.15) is 5.02 Å². The van der Waals surface area contributed by atoms with Crippen molar-refractivity contribution in [3.05, 3.63) is 51.2 Å². The summed E-state index contributed by atoms with van der Waals surface area (Å²) >= 11 is 6.11. The Morgan fingerprint density at radius 1 is 1.28 bits per heavy atom. The molecule has 1 aliphatic rings. The van der Waals surface area contributed by atoms with Crippen molar-refractivity contribution in [2.45, 2.75) is 26.8 Å². The van der Waals surface area contributed by atoms with Gasteiger partial charge in [-0.25, -0.2) is 5.10 Å². The molecule has 25 heavy (non-hydrogen) atoms. The summed E-state index contributed by atoms with van der Waals surface area (Å²) < 4.78 is 0. The van der Waals surface area contributed by atoms with E-state index in [4.69, 9.17) is 11.6 Å². The number of rotatable bonds is 5. The third-order valence-electron chi connectivity index (χ3n) is 4.47. The van der Waals surface area contributed by atoms with Crippen molar-refractivity contribution in [2.75, 3.05) is 31.1 Å². The standard InChI is InChI=1S/C18H24ClN5O/c1-13(2)10-15-14(4-3-5-20-15)12-23-6-8-24(9-7-23)16-11-21-22-18(25)17(16)19/h3-5,11,13H,6-10,12H2,1-2H3,(H,22,25). The second kappa shape index (κ2) is 7.97. The number of nitrogens with one attached hydrogen (secondary N) is 1. The smallest absolute Gasteiger partial charge is 0.285 e. The average molecular weight is 362 g/mol. The minimum atomic E-state index is -0.338. The van der Waals surface area contributed by atoms with Crippen LogP contribution in [0.4, 0.5) is 5.69 Å². The largest absolute Gasteiger partial charge is 0.366 e. The molecule has 7 heteroatoms. The Bertz CT molecular complexity index is 768. The summed E-state index contributed by atoms with van der Waals surface area (Å²) in [6.45, 7) is 8.83. The summed E-state index contributed by atoms with van der Waals surface area (Å²) in [5.41, 5.74) is 2.88. The molecule has 3 heterocycles. The van der Waals surface area contributed by atoms with E-state index in [-0.39, 0.29) is 10.6 Å². The highest BCUT2D eigenvalue weighted by molar-refractivity contribution is 6.32. The van der Waals surface area contributed by atoms with Crippen molar-refractivity contribution in [2.24, 2.45) is 5.92 Å². The van der Waals surface area contributed by atoms with Crippen LogP contribution in [0.2, 0.25) is 5.02 Å². The van der Waals surface area contributed by atoms with Gasteiger partial charge in [-0.3, -0.25) is 14.7 Å². The topological polar surface area (TPSA) is 65.1 Å². The third-order valence-corrected chi connectivity index (χ3v) is 4.84. The Morgan fingerprint density at radius 3 is 2.76 bits per heavy atom. The van der Waals surface area contributed by atoms with Crippen molar-refractivity contribution < 1.29 is 0 Å². The number of aromatic amines is 1. The number of pyridine rings is 1. The van der Waals surface area contributed by atoms with Crippen LogP contribution in [0.5, 0.6) is 0 Å². The highest BCUT2D eigenvalue weighted by Gasteiger charge is 2.21. The van der Waals surface area contributed by atoms with Crippen LogP contribution in [0.1, 0.15) is 25.1 Å². The quantitative estimate of drug-likeness (QED) is 0.885. The van der Waals surface area contributed by atoms with Crippen LogP contribution in [0.25, 0.3) is 0 Å². The van der Waals surface area contributed by atoms with Gasteiger partial charge in [-0.15, -0.1) is 0 Å². The van der Waals surface area contributed by atoms with Gasteiger partial charge in [0, 0.05) is 44.6 Å². The van der Waals surface area contributed by atoms with Crippen LogP contribution in [-0.2, 0) is 13.0 Å². The zero-order chi connectivity index (χ0) is 17.8. The normalized spacial score (nSPS) is 15.8. The average Bonchev–Trinajstić information content (AvgIpc) is 2.59. The Morgan fingerprint density at radius 2 is 2.04 bits per heavy atom. The van der Waals surface area contributed by atoms with Crippen molar-refractivity contribution in [3.63, 3.8) is 0 Å². The first-order valence-corrected chi connectivity index (χ1v) is 9.05. The van der Waals surface area contributed by atoms with Crippen molar-refractivity contribution >= 4 is 17.3 Å².